The second-order valence-corrected chi connectivity index (χ2v) is 4.77. The van der Waals surface area contributed by atoms with Crippen molar-refractivity contribution in [2.75, 3.05) is 23.8 Å². The van der Waals surface area contributed by atoms with Crippen LogP contribution in [0.1, 0.15) is 40.5 Å². The molecule has 7 nitrogen and oxygen atoms in total. The molecular weight excluding hydrogens is 258 g/mol. The first-order valence-corrected chi connectivity index (χ1v) is 7.12. The highest BCUT2D eigenvalue weighted by Crippen LogP contribution is 2.13. The molecule has 0 aromatic carbocycles. The Kier molecular flexibility index (Phi) is 7.00. The van der Waals surface area contributed by atoms with Gasteiger partial charge in [0.1, 0.15) is 0 Å². The van der Waals surface area contributed by atoms with Gasteiger partial charge in [-0.1, -0.05) is 6.92 Å². The van der Waals surface area contributed by atoms with E-state index in [1.165, 1.54) is 0 Å². The topological polar surface area (TPSA) is 92.2 Å². The number of aliphatic hydroxyl groups is 1. The lowest BCUT2D eigenvalue weighted by Gasteiger charge is -2.16. The van der Waals surface area contributed by atoms with Gasteiger partial charge in [0.2, 0.25) is 11.9 Å². The number of anilines is 2. The Morgan fingerprint density at radius 3 is 2.45 bits per heavy atom. The molecule has 0 saturated carbocycles. The molecule has 0 spiro atoms. The summed E-state index contributed by atoms with van der Waals surface area (Å²) in [6.07, 6.45) is 1.14. The Morgan fingerprint density at radius 1 is 1.15 bits per heavy atom. The van der Waals surface area contributed by atoms with Crippen LogP contribution < -0.4 is 15.4 Å². The Hall–Kier alpha value is -1.63. The lowest BCUT2D eigenvalue weighted by molar-refractivity contribution is 0.179. The van der Waals surface area contributed by atoms with Crippen molar-refractivity contribution in [1.29, 1.82) is 0 Å². The van der Waals surface area contributed by atoms with E-state index in [1.807, 2.05) is 20.8 Å². The van der Waals surface area contributed by atoms with E-state index in [0.29, 0.717) is 30.9 Å². The zero-order valence-electron chi connectivity index (χ0n) is 12.7. The molecule has 0 bridgehead atoms. The molecule has 1 rings (SSSR count). The minimum Gasteiger partial charge on any atom is -0.463 e. The Morgan fingerprint density at radius 2 is 1.85 bits per heavy atom. The number of aromatic nitrogens is 3. The van der Waals surface area contributed by atoms with Gasteiger partial charge >= 0.3 is 6.01 Å². The standard InChI is InChI=1S/C13H25N5O2/c1-5-7-20-13-17-11(14-6-2)16-12(18-13)15-9(3)8-10(4)19/h9-10,19H,5-8H2,1-4H3,(H2,14,15,16,17,18). The van der Waals surface area contributed by atoms with Gasteiger partial charge in [-0.2, -0.15) is 15.0 Å². The van der Waals surface area contributed by atoms with E-state index in [9.17, 15) is 5.11 Å². The number of ether oxygens (including phenoxy) is 1. The second-order valence-electron chi connectivity index (χ2n) is 4.77. The maximum Gasteiger partial charge on any atom is 0.323 e. The summed E-state index contributed by atoms with van der Waals surface area (Å²) in [6.45, 7) is 9.01. The van der Waals surface area contributed by atoms with Crippen LogP contribution in [0, 0.1) is 0 Å². The molecule has 3 N–H and O–H groups in total. The molecule has 0 aliphatic carbocycles. The van der Waals surface area contributed by atoms with Gasteiger partial charge in [-0.25, -0.2) is 0 Å². The van der Waals surface area contributed by atoms with E-state index in [4.69, 9.17) is 4.74 Å². The van der Waals surface area contributed by atoms with E-state index in [1.54, 1.807) is 6.92 Å². The smallest absolute Gasteiger partial charge is 0.323 e. The predicted octanol–water partition coefficient (Wildman–Crippen LogP) is 1.66. The van der Waals surface area contributed by atoms with Gasteiger partial charge in [-0.05, 0) is 33.6 Å². The van der Waals surface area contributed by atoms with Crippen LogP contribution in [-0.2, 0) is 0 Å². The summed E-state index contributed by atoms with van der Waals surface area (Å²) in [6, 6.07) is 0.371. The Labute approximate surface area is 120 Å². The average molecular weight is 283 g/mol. The van der Waals surface area contributed by atoms with Crippen LogP contribution in [0.4, 0.5) is 11.9 Å². The van der Waals surface area contributed by atoms with Crippen LogP contribution >= 0.6 is 0 Å². The highest BCUT2D eigenvalue weighted by Gasteiger charge is 2.11. The van der Waals surface area contributed by atoms with Crippen LogP contribution in [-0.4, -0.2) is 45.4 Å². The summed E-state index contributed by atoms with van der Waals surface area (Å²) in [5, 5.41) is 15.6. The first-order valence-electron chi connectivity index (χ1n) is 7.12. The molecule has 0 amide bonds. The molecule has 0 aliphatic rings. The van der Waals surface area contributed by atoms with Crippen molar-refractivity contribution in [3.63, 3.8) is 0 Å². The second kappa shape index (κ2) is 8.52. The minimum atomic E-state index is -0.372. The minimum absolute atomic E-state index is 0.0610. The van der Waals surface area contributed by atoms with Gasteiger partial charge in [-0.3, -0.25) is 0 Å². The van der Waals surface area contributed by atoms with E-state index < -0.39 is 0 Å². The largest absolute Gasteiger partial charge is 0.463 e. The van der Waals surface area contributed by atoms with Crippen molar-refractivity contribution in [3.8, 4) is 6.01 Å². The van der Waals surface area contributed by atoms with Gasteiger partial charge in [-0.15, -0.1) is 0 Å². The quantitative estimate of drug-likeness (QED) is 0.634. The molecule has 0 saturated heterocycles. The summed E-state index contributed by atoms with van der Waals surface area (Å²) in [5.41, 5.74) is 0. The third kappa shape index (κ3) is 6.01. The van der Waals surface area contributed by atoms with Gasteiger partial charge in [0.05, 0.1) is 12.7 Å². The molecule has 1 aromatic rings. The maximum atomic E-state index is 9.38. The third-order valence-corrected chi connectivity index (χ3v) is 2.46. The van der Waals surface area contributed by atoms with Crippen molar-refractivity contribution < 1.29 is 9.84 Å². The van der Waals surface area contributed by atoms with Crippen molar-refractivity contribution in [2.24, 2.45) is 0 Å². The van der Waals surface area contributed by atoms with E-state index in [0.717, 1.165) is 13.0 Å². The summed E-state index contributed by atoms with van der Waals surface area (Å²) < 4.78 is 5.45. The number of nitrogens with one attached hydrogen (secondary N) is 2. The number of hydrogen-bond acceptors (Lipinski definition) is 7. The van der Waals surface area contributed by atoms with Crippen LogP contribution in [0.2, 0.25) is 0 Å². The fourth-order valence-electron chi connectivity index (χ4n) is 1.71. The van der Waals surface area contributed by atoms with Crippen LogP contribution in [0.15, 0.2) is 0 Å². The molecular formula is C13H25N5O2. The fraction of sp³-hybridized carbons (Fsp3) is 0.769. The van der Waals surface area contributed by atoms with Gasteiger partial charge in [0, 0.05) is 12.6 Å². The van der Waals surface area contributed by atoms with Crippen molar-refractivity contribution in [2.45, 2.75) is 52.7 Å². The summed E-state index contributed by atoms with van der Waals surface area (Å²) >= 11 is 0. The summed E-state index contributed by atoms with van der Waals surface area (Å²) in [4.78, 5) is 12.7. The number of nitrogens with zero attached hydrogens (tertiary/aromatic N) is 3. The zero-order chi connectivity index (χ0) is 15.0. The lowest BCUT2D eigenvalue weighted by atomic mass is 10.2. The predicted molar refractivity (Wildman–Crippen MR) is 79.2 cm³/mol. The Bertz CT molecular complexity index is 400. The molecule has 2 atom stereocenters. The maximum absolute atomic E-state index is 9.38. The van der Waals surface area contributed by atoms with Crippen LogP contribution in [0.25, 0.3) is 0 Å². The van der Waals surface area contributed by atoms with Crippen molar-refractivity contribution in [3.05, 3.63) is 0 Å². The molecule has 0 aliphatic heterocycles. The highest BCUT2D eigenvalue weighted by molar-refractivity contribution is 5.36. The summed E-state index contributed by atoms with van der Waals surface area (Å²) in [5.74, 6) is 0.940. The molecule has 114 valence electrons. The van der Waals surface area contributed by atoms with Gasteiger partial charge in [0.15, 0.2) is 0 Å². The van der Waals surface area contributed by atoms with Gasteiger partial charge in [0.25, 0.3) is 0 Å². The van der Waals surface area contributed by atoms with E-state index in [-0.39, 0.29) is 12.1 Å². The molecule has 1 aromatic heterocycles. The summed E-state index contributed by atoms with van der Waals surface area (Å²) in [7, 11) is 0. The average Bonchev–Trinajstić information content (AvgIpc) is 2.35. The van der Waals surface area contributed by atoms with Gasteiger partial charge < -0.3 is 20.5 Å². The molecule has 20 heavy (non-hydrogen) atoms. The lowest BCUT2D eigenvalue weighted by Crippen LogP contribution is -2.22. The first-order chi connectivity index (χ1) is 9.55. The third-order valence-electron chi connectivity index (χ3n) is 2.46. The Balaban J connectivity index is 2.79. The normalized spacial score (nSPS) is 13.7. The number of hydrogen-bond donors (Lipinski definition) is 3. The molecule has 1 heterocycles. The van der Waals surface area contributed by atoms with Crippen LogP contribution in [0.3, 0.4) is 0 Å². The zero-order valence-corrected chi connectivity index (χ0v) is 12.7. The first kappa shape index (κ1) is 16.4. The SMILES string of the molecule is CCCOc1nc(NCC)nc(NC(C)CC(C)O)n1. The molecule has 2 unspecified atom stereocenters. The molecule has 0 radical (unpaired) electrons. The van der Waals surface area contributed by atoms with Crippen molar-refractivity contribution >= 4 is 11.9 Å². The molecule has 0 fully saturated rings. The highest BCUT2D eigenvalue weighted by atomic mass is 16.5. The van der Waals surface area contributed by atoms with Crippen molar-refractivity contribution in [1.82, 2.24) is 15.0 Å². The number of rotatable bonds is 9. The number of aliphatic hydroxyl groups excluding tert-OH is 1. The van der Waals surface area contributed by atoms with E-state index in [2.05, 4.69) is 25.6 Å². The molecule has 7 heteroatoms. The van der Waals surface area contributed by atoms with E-state index >= 15 is 0 Å². The van der Waals surface area contributed by atoms with Crippen LogP contribution in [0.5, 0.6) is 6.01 Å². The monoisotopic (exact) mass is 283 g/mol. The fourth-order valence-corrected chi connectivity index (χ4v) is 1.71.